The molecule has 0 spiro atoms. The molecule has 0 fully saturated rings. The summed E-state index contributed by atoms with van der Waals surface area (Å²) in [6, 6.07) is 11.7. The van der Waals surface area contributed by atoms with Crippen LogP contribution in [-0.2, 0) is 13.6 Å². The maximum Gasteiger partial charge on any atom is 0.203 e. The fraction of sp³-hybridized carbons (Fsp3) is 0.188. The Morgan fingerprint density at radius 1 is 1.29 bits per heavy atom. The normalized spacial score (nSPS) is 10.8. The first-order valence-electron chi connectivity index (χ1n) is 6.70. The van der Waals surface area contributed by atoms with Crippen molar-refractivity contribution in [2.45, 2.75) is 13.5 Å². The minimum absolute atomic E-state index is 0.605. The molecule has 0 aliphatic rings. The zero-order valence-corrected chi connectivity index (χ0v) is 12.7. The molecule has 21 heavy (non-hydrogen) atoms. The third-order valence-corrected chi connectivity index (χ3v) is 3.56. The second-order valence-electron chi connectivity index (χ2n) is 4.90. The van der Waals surface area contributed by atoms with Crippen molar-refractivity contribution in [1.29, 1.82) is 0 Å². The van der Waals surface area contributed by atoms with Crippen LogP contribution in [0.15, 0.2) is 47.0 Å². The van der Waals surface area contributed by atoms with Gasteiger partial charge in [-0.2, -0.15) is 0 Å². The maximum absolute atomic E-state index is 6.04. The van der Waals surface area contributed by atoms with Crippen LogP contribution in [0.2, 0.25) is 5.02 Å². The average Bonchev–Trinajstić information content (AvgIpc) is 3.03. The van der Waals surface area contributed by atoms with E-state index in [9.17, 15) is 0 Å². The molecular weight excluding hydrogens is 286 g/mol. The Morgan fingerprint density at radius 3 is 2.86 bits per heavy atom. The van der Waals surface area contributed by atoms with E-state index in [1.54, 1.807) is 0 Å². The van der Waals surface area contributed by atoms with Gasteiger partial charge >= 0.3 is 0 Å². The monoisotopic (exact) mass is 301 g/mol. The van der Waals surface area contributed by atoms with Crippen molar-refractivity contribution < 1.29 is 4.42 Å². The van der Waals surface area contributed by atoms with Crippen LogP contribution in [0.25, 0.3) is 11.3 Å². The van der Waals surface area contributed by atoms with E-state index in [0.717, 1.165) is 28.7 Å². The van der Waals surface area contributed by atoms with Gasteiger partial charge in [-0.1, -0.05) is 23.7 Å². The van der Waals surface area contributed by atoms with Crippen LogP contribution in [0.1, 0.15) is 11.5 Å². The summed E-state index contributed by atoms with van der Waals surface area (Å²) in [6.45, 7) is 2.54. The first-order chi connectivity index (χ1) is 10.1. The molecule has 0 aliphatic carbocycles. The summed E-state index contributed by atoms with van der Waals surface area (Å²) in [5, 5.41) is 3.99. The smallest absolute Gasteiger partial charge is 0.203 e. The summed E-state index contributed by atoms with van der Waals surface area (Å²) in [6.07, 6.45) is 1.83. The molecule has 0 saturated carbocycles. The van der Waals surface area contributed by atoms with E-state index in [0.29, 0.717) is 11.6 Å². The molecule has 0 saturated heterocycles. The van der Waals surface area contributed by atoms with Crippen LogP contribution in [0.3, 0.4) is 0 Å². The van der Waals surface area contributed by atoms with Gasteiger partial charge < -0.3 is 14.3 Å². The second-order valence-corrected chi connectivity index (χ2v) is 5.34. The van der Waals surface area contributed by atoms with E-state index in [1.807, 2.05) is 61.1 Å². The minimum atomic E-state index is 0.605. The third-order valence-electron chi connectivity index (χ3n) is 3.33. The van der Waals surface area contributed by atoms with Crippen LogP contribution in [0, 0.1) is 6.92 Å². The van der Waals surface area contributed by atoms with E-state index in [1.165, 1.54) is 0 Å². The highest BCUT2D eigenvalue weighted by molar-refractivity contribution is 6.30. The Hall–Kier alpha value is -2.20. The van der Waals surface area contributed by atoms with Crippen LogP contribution in [-0.4, -0.2) is 9.55 Å². The lowest BCUT2D eigenvalue weighted by Crippen LogP contribution is -2.05. The minimum Gasteiger partial charge on any atom is -0.465 e. The summed E-state index contributed by atoms with van der Waals surface area (Å²) in [4.78, 5) is 4.41. The summed E-state index contributed by atoms with van der Waals surface area (Å²) in [5.74, 6) is 2.59. The zero-order chi connectivity index (χ0) is 14.8. The molecule has 2 aromatic heterocycles. The first-order valence-corrected chi connectivity index (χ1v) is 7.08. The molecule has 0 radical (unpaired) electrons. The van der Waals surface area contributed by atoms with E-state index >= 15 is 0 Å². The van der Waals surface area contributed by atoms with Crippen molar-refractivity contribution in [2.24, 2.45) is 7.05 Å². The number of furan rings is 1. The standard InChI is InChI=1S/C16H16ClN3O/c1-11-6-7-14(21-11)9-18-16-19-10-15(20(16)2)12-4-3-5-13(17)8-12/h3-8,10H,9H2,1-2H3,(H,18,19). The van der Waals surface area contributed by atoms with Crippen LogP contribution in [0.4, 0.5) is 5.95 Å². The van der Waals surface area contributed by atoms with E-state index in [4.69, 9.17) is 16.0 Å². The second kappa shape index (κ2) is 5.66. The Balaban J connectivity index is 1.79. The molecule has 0 bridgehead atoms. The van der Waals surface area contributed by atoms with Crippen LogP contribution in [0.5, 0.6) is 0 Å². The van der Waals surface area contributed by atoms with Gasteiger partial charge in [0.2, 0.25) is 5.95 Å². The predicted octanol–water partition coefficient (Wildman–Crippen LogP) is 4.25. The highest BCUT2D eigenvalue weighted by atomic mass is 35.5. The Morgan fingerprint density at radius 2 is 2.14 bits per heavy atom. The number of imidazole rings is 1. The van der Waals surface area contributed by atoms with Gasteiger partial charge in [-0.15, -0.1) is 0 Å². The number of nitrogens with zero attached hydrogens (tertiary/aromatic N) is 2. The van der Waals surface area contributed by atoms with Gasteiger partial charge in [-0.05, 0) is 31.2 Å². The molecule has 0 amide bonds. The number of hydrogen-bond acceptors (Lipinski definition) is 3. The van der Waals surface area contributed by atoms with Crippen molar-refractivity contribution in [2.75, 3.05) is 5.32 Å². The number of halogens is 1. The molecule has 0 unspecified atom stereocenters. The number of anilines is 1. The van der Waals surface area contributed by atoms with Crippen molar-refractivity contribution in [3.8, 4) is 11.3 Å². The quantitative estimate of drug-likeness (QED) is 0.783. The molecule has 5 heteroatoms. The molecular formula is C16H16ClN3O. The average molecular weight is 302 g/mol. The van der Waals surface area contributed by atoms with Gasteiger partial charge in [-0.3, -0.25) is 0 Å². The van der Waals surface area contributed by atoms with Gasteiger partial charge in [0.15, 0.2) is 0 Å². The summed E-state index contributed by atoms with van der Waals surface area (Å²) < 4.78 is 7.54. The Labute approximate surface area is 128 Å². The molecule has 4 nitrogen and oxygen atoms in total. The van der Waals surface area contributed by atoms with E-state index in [2.05, 4.69) is 10.3 Å². The van der Waals surface area contributed by atoms with E-state index < -0.39 is 0 Å². The largest absolute Gasteiger partial charge is 0.465 e. The van der Waals surface area contributed by atoms with Gasteiger partial charge in [0, 0.05) is 17.6 Å². The molecule has 3 rings (SSSR count). The van der Waals surface area contributed by atoms with Gasteiger partial charge in [0.05, 0.1) is 18.4 Å². The molecule has 0 atom stereocenters. The molecule has 3 aromatic rings. The van der Waals surface area contributed by atoms with Gasteiger partial charge in [0.1, 0.15) is 11.5 Å². The fourth-order valence-corrected chi connectivity index (χ4v) is 2.43. The highest BCUT2D eigenvalue weighted by Crippen LogP contribution is 2.24. The fourth-order valence-electron chi connectivity index (χ4n) is 2.24. The topological polar surface area (TPSA) is 43.0 Å². The lowest BCUT2D eigenvalue weighted by Gasteiger charge is -2.07. The van der Waals surface area contributed by atoms with Crippen LogP contribution >= 0.6 is 11.6 Å². The highest BCUT2D eigenvalue weighted by Gasteiger charge is 2.09. The zero-order valence-electron chi connectivity index (χ0n) is 11.9. The van der Waals surface area contributed by atoms with Gasteiger partial charge in [0.25, 0.3) is 0 Å². The maximum atomic E-state index is 6.04. The number of rotatable bonds is 4. The molecule has 1 aromatic carbocycles. The van der Waals surface area contributed by atoms with Crippen molar-refractivity contribution in [1.82, 2.24) is 9.55 Å². The number of aryl methyl sites for hydroxylation is 1. The number of nitrogens with one attached hydrogen (secondary N) is 1. The van der Waals surface area contributed by atoms with E-state index in [-0.39, 0.29) is 0 Å². The van der Waals surface area contributed by atoms with Crippen molar-refractivity contribution >= 4 is 17.5 Å². The molecule has 2 heterocycles. The number of benzene rings is 1. The lowest BCUT2D eigenvalue weighted by atomic mass is 10.2. The number of aromatic nitrogens is 2. The molecule has 108 valence electrons. The Bertz CT molecular complexity index is 760. The summed E-state index contributed by atoms with van der Waals surface area (Å²) >= 11 is 6.04. The Kier molecular flexibility index (Phi) is 3.71. The SMILES string of the molecule is Cc1ccc(CNc2ncc(-c3cccc(Cl)c3)n2C)o1. The lowest BCUT2D eigenvalue weighted by molar-refractivity contribution is 0.490. The van der Waals surface area contributed by atoms with Crippen molar-refractivity contribution in [3.05, 3.63) is 59.1 Å². The molecule has 0 aliphatic heterocycles. The predicted molar refractivity (Wildman–Crippen MR) is 84.4 cm³/mol. The van der Waals surface area contributed by atoms with Gasteiger partial charge in [-0.25, -0.2) is 4.98 Å². The molecule has 1 N–H and O–H groups in total. The summed E-state index contributed by atoms with van der Waals surface area (Å²) in [7, 11) is 1.97. The van der Waals surface area contributed by atoms with Crippen LogP contribution < -0.4 is 5.32 Å². The van der Waals surface area contributed by atoms with Crippen molar-refractivity contribution in [3.63, 3.8) is 0 Å². The first kappa shape index (κ1) is 13.8. The third kappa shape index (κ3) is 2.95. The summed E-state index contributed by atoms with van der Waals surface area (Å²) in [5.41, 5.74) is 2.05. The number of hydrogen-bond donors (Lipinski definition) is 1.